The molecule has 0 aliphatic carbocycles. The number of rotatable bonds is 71. The van der Waals surface area contributed by atoms with E-state index in [2.05, 4.69) is 45.1 Å². The fourth-order valence-corrected chi connectivity index (χ4v) is 11.8. The Morgan fingerprint density at radius 1 is 0.241 bits per heavy atom. The minimum Gasteiger partial charge on any atom is -0.462 e. The van der Waals surface area contributed by atoms with Crippen molar-refractivity contribution in [2.24, 2.45) is 0 Å². The molecule has 0 saturated heterocycles. The second-order valence-electron chi connectivity index (χ2n) is 25.9. The average Bonchev–Trinajstić information content (AvgIpc) is 3.50. The van der Waals surface area contributed by atoms with E-state index < -0.39 is 6.10 Å². The normalized spacial score (nSPS) is 12.1. The second-order valence-corrected chi connectivity index (χ2v) is 25.9. The molecule has 0 N–H and O–H groups in total. The van der Waals surface area contributed by atoms with E-state index in [1.165, 1.54) is 321 Å². The summed E-state index contributed by atoms with van der Waals surface area (Å²) in [6, 6.07) is 0. The molecule has 0 rings (SSSR count). The number of hydrogen-bond acceptors (Lipinski definition) is 6. The number of esters is 3. The summed E-state index contributed by atoms with van der Waals surface area (Å²) in [5, 5.41) is 0. The first-order valence-electron chi connectivity index (χ1n) is 37.8. The lowest BCUT2D eigenvalue weighted by Crippen LogP contribution is -2.30. The maximum Gasteiger partial charge on any atom is 0.306 e. The largest absolute Gasteiger partial charge is 0.462 e. The number of carbonyl (C=O) groups is 3. The number of hydrogen-bond donors (Lipinski definition) is 0. The Balaban J connectivity index is 4.26. The van der Waals surface area contributed by atoms with E-state index in [1.807, 2.05) is 0 Å². The number of unbranched alkanes of at least 4 members (excludes halogenated alkanes) is 56. The van der Waals surface area contributed by atoms with Crippen LogP contribution in [0.2, 0.25) is 0 Å². The van der Waals surface area contributed by atoms with Gasteiger partial charge in [-0.05, 0) is 51.4 Å². The molecule has 0 spiro atoms. The molecule has 1 atom stereocenters. The highest BCUT2D eigenvalue weighted by Gasteiger charge is 2.20. The van der Waals surface area contributed by atoms with Crippen LogP contribution in [0.1, 0.15) is 432 Å². The van der Waals surface area contributed by atoms with Gasteiger partial charge in [0, 0.05) is 19.3 Å². The average molecular weight is 1170 g/mol. The molecule has 0 aliphatic rings. The van der Waals surface area contributed by atoms with Crippen LogP contribution in [-0.2, 0) is 28.6 Å². The molecule has 0 bridgehead atoms. The lowest BCUT2D eigenvalue weighted by molar-refractivity contribution is -0.167. The van der Waals surface area contributed by atoms with Crippen LogP contribution in [0.25, 0.3) is 0 Å². The fourth-order valence-electron chi connectivity index (χ4n) is 11.8. The molecule has 6 nitrogen and oxygen atoms in total. The summed E-state index contributed by atoms with van der Waals surface area (Å²) >= 11 is 0. The highest BCUT2D eigenvalue weighted by molar-refractivity contribution is 5.71. The summed E-state index contributed by atoms with van der Waals surface area (Å²) in [6.07, 6.45) is 89.4. The summed E-state index contributed by atoms with van der Waals surface area (Å²) in [5.74, 6) is -0.837. The zero-order valence-electron chi connectivity index (χ0n) is 56.5. The van der Waals surface area contributed by atoms with Gasteiger partial charge in [-0.3, -0.25) is 14.4 Å². The van der Waals surface area contributed by atoms with Crippen molar-refractivity contribution in [2.75, 3.05) is 13.2 Å². The Kier molecular flexibility index (Phi) is 70.5. The molecule has 0 radical (unpaired) electrons. The van der Waals surface area contributed by atoms with Gasteiger partial charge in [-0.1, -0.05) is 385 Å². The zero-order valence-corrected chi connectivity index (χ0v) is 56.5. The van der Waals surface area contributed by atoms with E-state index in [-0.39, 0.29) is 31.1 Å². The smallest absolute Gasteiger partial charge is 0.306 e. The highest BCUT2D eigenvalue weighted by atomic mass is 16.6. The van der Waals surface area contributed by atoms with Crippen LogP contribution in [0.5, 0.6) is 0 Å². The van der Waals surface area contributed by atoms with Crippen molar-refractivity contribution in [3.8, 4) is 0 Å². The molecule has 0 aliphatic heterocycles. The lowest BCUT2D eigenvalue weighted by atomic mass is 10.0. The molecule has 490 valence electrons. The van der Waals surface area contributed by atoms with Crippen LogP contribution in [-0.4, -0.2) is 37.2 Å². The minimum atomic E-state index is -0.772. The van der Waals surface area contributed by atoms with E-state index in [4.69, 9.17) is 14.2 Å². The lowest BCUT2D eigenvalue weighted by Gasteiger charge is -2.18. The Hall–Kier alpha value is -2.11. The topological polar surface area (TPSA) is 78.9 Å². The van der Waals surface area contributed by atoms with Crippen molar-refractivity contribution in [1.29, 1.82) is 0 Å². The quantitative estimate of drug-likeness (QED) is 0.0261. The first kappa shape index (κ1) is 80.9. The standard InChI is InChI=1S/C77H146O6/c1-4-7-10-13-16-19-22-25-28-31-34-36-37-38-39-40-42-43-46-49-52-55-58-61-64-67-70-76(79)82-73-74(72-81-75(78)69-66-63-60-57-54-51-48-45-33-30-27-24-21-18-15-12-9-6-3)83-77(80)71-68-65-62-59-56-53-50-47-44-41-35-32-29-26-23-20-17-14-11-8-5-2/h21,24,30,33,74H,4-20,22-23,25-29,31-32,34-73H2,1-3H3/b24-21-,33-30-. The van der Waals surface area contributed by atoms with Crippen molar-refractivity contribution in [3.05, 3.63) is 24.3 Å². The molecule has 0 aromatic carbocycles. The highest BCUT2D eigenvalue weighted by Crippen LogP contribution is 2.20. The van der Waals surface area contributed by atoms with Crippen molar-refractivity contribution in [2.45, 2.75) is 438 Å². The van der Waals surface area contributed by atoms with E-state index in [0.29, 0.717) is 19.3 Å². The van der Waals surface area contributed by atoms with Crippen LogP contribution < -0.4 is 0 Å². The van der Waals surface area contributed by atoms with E-state index >= 15 is 0 Å². The zero-order chi connectivity index (χ0) is 59.9. The summed E-state index contributed by atoms with van der Waals surface area (Å²) in [5.41, 5.74) is 0. The predicted molar refractivity (Wildman–Crippen MR) is 363 cm³/mol. The van der Waals surface area contributed by atoms with Gasteiger partial charge >= 0.3 is 17.9 Å². The molecule has 1 unspecified atom stereocenters. The van der Waals surface area contributed by atoms with Gasteiger partial charge in [0.25, 0.3) is 0 Å². The van der Waals surface area contributed by atoms with Crippen molar-refractivity contribution < 1.29 is 28.6 Å². The third kappa shape index (κ3) is 70.5. The van der Waals surface area contributed by atoms with E-state index in [9.17, 15) is 14.4 Å². The first-order valence-corrected chi connectivity index (χ1v) is 37.8. The van der Waals surface area contributed by atoms with Crippen LogP contribution in [0.15, 0.2) is 24.3 Å². The van der Waals surface area contributed by atoms with Crippen LogP contribution >= 0.6 is 0 Å². The summed E-state index contributed by atoms with van der Waals surface area (Å²) in [7, 11) is 0. The van der Waals surface area contributed by atoms with E-state index in [0.717, 1.165) is 70.6 Å². The Labute approximate surface area is 519 Å². The minimum absolute atomic E-state index is 0.0668. The number of ether oxygens (including phenoxy) is 3. The third-order valence-corrected chi connectivity index (χ3v) is 17.5. The van der Waals surface area contributed by atoms with Crippen LogP contribution in [0, 0.1) is 0 Å². The molecule has 0 heterocycles. The van der Waals surface area contributed by atoms with E-state index in [1.54, 1.807) is 0 Å². The molecular formula is C77H146O6. The van der Waals surface area contributed by atoms with Gasteiger partial charge < -0.3 is 14.2 Å². The van der Waals surface area contributed by atoms with Crippen molar-refractivity contribution >= 4 is 17.9 Å². The van der Waals surface area contributed by atoms with Crippen LogP contribution in [0.3, 0.4) is 0 Å². The Morgan fingerprint density at radius 2 is 0.434 bits per heavy atom. The number of allylic oxidation sites excluding steroid dienone is 4. The molecule has 0 aromatic heterocycles. The fraction of sp³-hybridized carbons (Fsp3) is 0.909. The first-order chi connectivity index (χ1) is 41.0. The van der Waals surface area contributed by atoms with Gasteiger partial charge in [0.15, 0.2) is 6.10 Å². The molecule has 0 saturated carbocycles. The SMILES string of the molecule is CCCCCC/C=C\C/C=C\CCCCCCCCCC(=O)OCC(COC(=O)CCCCCCCCCCCCCCCCCCCCCCCCCCCC)OC(=O)CCCCCCCCCCCCCCCCCCCCCCC. The third-order valence-electron chi connectivity index (χ3n) is 17.5. The predicted octanol–water partition coefficient (Wildman–Crippen LogP) is 26.1. The molecule has 83 heavy (non-hydrogen) atoms. The summed E-state index contributed by atoms with van der Waals surface area (Å²) < 4.78 is 17.0. The molecule has 0 aromatic rings. The number of carbonyl (C=O) groups excluding carboxylic acids is 3. The van der Waals surface area contributed by atoms with Crippen molar-refractivity contribution in [1.82, 2.24) is 0 Å². The van der Waals surface area contributed by atoms with Gasteiger partial charge in [0.05, 0.1) is 0 Å². The Bertz CT molecular complexity index is 1340. The van der Waals surface area contributed by atoms with Gasteiger partial charge in [-0.15, -0.1) is 0 Å². The van der Waals surface area contributed by atoms with Crippen LogP contribution in [0.4, 0.5) is 0 Å². The maximum atomic E-state index is 13.0. The molecule has 0 fully saturated rings. The molecular weight excluding hydrogens is 1020 g/mol. The maximum absolute atomic E-state index is 13.0. The van der Waals surface area contributed by atoms with Crippen molar-refractivity contribution in [3.63, 3.8) is 0 Å². The monoisotopic (exact) mass is 1170 g/mol. The second kappa shape index (κ2) is 72.4. The summed E-state index contributed by atoms with van der Waals surface area (Å²) in [4.78, 5) is 38.6. The summed E-state index contributed by atoms with van der Waals surface area (Å²) in [6.45, 7) is 6.72. The molecule has 0 amide bonds. The van der Waals surface area contributed by atoms with Gasteiger partial charge in [-0.25, -0.2) is 0 Å². The van der Waals surface area contributed by atoms with Gasteiger partial charge in [-0.2, -0.15) is 0 Å². The van der Waals surface area contributed by atoms with Gasteiger partial charge in [0.2, 0.25) is 0 Å². The van der Waals surface area contributed by atoms with Gasteiger partial charge in [0.1, 0.15) is 13.2 Å². The molecule has 6 heteroatoms. The Morgan fingerprint density at radius 3 is 0.675 bits per heavy atom.